The van der Waals surface area contributed by atoms with Gasteiger partial charge >= 0.3 is 0 Å². The van der Waals surface area contributed by atoms with E-state index in [1.54, 1.807) is 0 Å². The average Bonchev–Trinajstić information content (AvgIpc) is 2.35. The molecule has 0 heterocycles. The van der Waals surface area contributed by atoms with Crippen LogP contribution in [0.15, 0.2) is 0 Å². The summed E-state index contributed by atoms with van der Waals surface area (Å²) in [6.45, 7) is 14.0. The van der Waals surface area contributed by atoms with E-state index in [1.165, 1.54) is 12.8 Å². The highest BCUT2D eigenvalue weighted by atomic mass is 16.5. The van der Waals surface area contributed by atoms with E-state index >= 15 is 0 Å². The molecular formula is C16H36N2O. The zero-order valence-corrected chi connectivity index (χ0v) is 14.2. The Kier molecular flexibility index (Phi) is 8.18. The summed E-state index contributed by atoms with van der Waals surface area (Å²) in [5.74, 6) is 0.483. The number of hydrogen-bond acceptors (Lipinski definition) is 3. The van der Waals surface area contributed by atoms with Gasteiger partial charge in [-0.1, -0.05) is 27.2 Å². The molecule has 0 fully saturated rings. The van der Waals surface area contributed by atoms with Crippen molar-refractivity contribution in [3.63, 3.8) is 0 Å². The molecule has 19 heavy (non-hydrogen) atoms. The quantitative estimate of drug-likeness (QED) is 0.641. The Balaban J connectivity index is 4.50. The lowest BCUT2D eigenvalue weighted by Gasteiger charge is -2.38. The van der Waals surface area contributed by atoms with Gasteiger partial charge in [-0.25, -0.2) is 0 Å². The third-order valence-electron chi connectivity index (χ3n) is 4.61. The van der Waals surface area contributed by atoms with Gasteiger partial charge in [0.1, 0.15) is 0 Å². The normalized spacial score (nSPS) is 21.5. The molecule has 0 saturated heterocycles. The number of nitrogens with one attached hydrogen (secondary N) is 1. The molecule has 0 aromatic carbocycles. The maximum Gasteiger partial charge on any atom is 0.0666 e. The van der Waals surface area contributed by atoms with Crippen LogP contribution in [0, 0.1) is 5.92 Å². The first kappa shape index (κ1) is 18.9. The molecule has 0 aliphatic rings. The largest absolute Gasteiger partial charge is 0.375 e. The molecule has 0 aliphatic carbocycles. The molecule has 0 radical (unpaired) electrons. The Morgan fingerprint density at radius 1 is 1.21 bits per heavy atom. The van der Waals surface area contributed by atoms with Crippen LogP contribution in [0.2, 0.25) is 0 Å². The van der Waals surface area contributed by atoms with Gasteiger partial charge in [-0.05, 0) is 53.0 Å². The third-order valence-corrected chi connectivity index (χ3v) is 4.61. The van der Waals surface area contributed by atoms with Gasteiger partial charge in [0.25, 0.3) is 0 Å². The van der Waals surface area contributed by atoms with Gasteiger partial charge in [0.05, 0.1) is 12.2 Å². The Bertz CT molecular complexity index is 245. The molecule has 0 spiro atoms. The molecule has 3 heteroatoms. The van der Waals surface area contributed by atoms with Crippen molar-refractivity contribution in [3.05, 3.63) is 0 Å². The Morgan fingerprint density at radius 2 is 1.79 bits per heavy atom. The molecule has 0 bridgehead atoms. The fourth-order valence-corrected chi connectivity index (χ4v) is 2.63. The molecule has 116 valence electrons. The van der Waals surface area contributed by atoms with Gasteiger partial charge in [-0.15, -0.1) is 0 Å². The first-order chi connectivity index (χ1) is 8.73. The van der Waals surface area contributed by atoms with Crippen molar-refractivity contribution in [1.82, 2.24) is 5.32 Å². The highest BCUT2D eigenvalue weighted by Gasteiger charge is 2.31. The van der Waals surface area contributed by atoms with E-state index in [-0.39, 0.29) is 17.2 Å². The van der Waals surface area contributed by atoms with Crippen molar-refractivity contribution < 1.29 is 4.74 Å². The summed E-state index contributed by atoms with van der Waals surface area (Å²) in [6.07, 6.45) is 4.28. The van der Waals surface area contributed by atoms with E-state index in [0.717, 1.165) is 19.4 Å². The van der Waals surface area contributed by atoms with Crippen LogP contribution in [0.4, 0.5) is 0 Å². The fourth-order valence-electron chi connectivity index (χ4n) is 2.63. The lowest BCUT2D eigenvalue weighted by molar-refractivity contribution is -0.0680. The topological polar surface area (TPSA) is 47.3 Å². The van der Waals surface area contributed by atoms with Crippen LogP contribution in [-0.4, -0.2) is 30.8 Å². The number of rotatable bonds is 10. The molecule has 3 nitrogen and oxygen atoms in total. The van der Waals surface area contributed by atoms with E-state index in [1.807, 2.05) is 7.05 Å². The first-order valence-corrected chi connectivity index (χ1v) is 7.81. The van der Waals surface area contributed by atoms with Gasteiger partial charge in [0.2, 0.25) is 0 Å². The summed E-state index contributed by atoms with van der Waals surface area (Å²) in [7, 11) is 2.05. The second-order valence-corrected chi connectivity index (χ2v) is 6.61. The highest BCUT2D eigenvalue weighted by molar-refractivity contribution is 4.87. The molecule has 0 amide bonds. The second kappa shape index (κ2) is 8.23. The van der Waals surface area contributed by atoms with Crippen LogP contribution in [0.5, 0.6) is 0 Å². The lowest BCUT2D eigenvalue weighted by Crippen LogP contribution is -2.48. The van der Waals surface area contributed by atoms with Crippen LogP contribution in [0.3, 0.4) is 0 Å². The van der Waals surface area contributed by atoms with Gasteiger partial charge in [0, 0.05) is 11.6 Å². The SMILES string of the molecule is CCCC(C)(NC)C(C)COC(C)(CC)CC(C)N. The summed E-state index contributed by atoms with van der Waals surface area (Å²) in [5, 5.41) is 3.47. The predicted molar refractivity (Wildman–Crippen MR) is 84.5 cm³/mol. The van der Waals surface area contributed by atoms with Crippen LogP contribution < -0.4 is 11.1 Å². The van der Waals surface area contributed by atoms with Crippen molar-refractivity contribution in [2.45, 2.75) is 84.4 Å². The molecule has 0 aromatic rings. The second-order valence-electron chi connectivity index (χ2n) is 6.61. The Hall–Kier alpha value is -0.120. The maximum absolute atomic E-state index is 6.23. The molecule has 4 atom stereocenters. The Labute approximate surface area is 120 Å². The zero-order valence-electron chi connectivity index (χ0n) is 14.2. The van der Waals surface area contributed by atoms with E-state index in [4.69, 9.17) is 10.5 Å². The lowest BCUT2D eigenvalue weighted by atomic mass is 9.83. The van der Waals surface area contributed by atoms with Crippen molar-refractivity contribution in [1.29, 1.82) is 0 Å². The van der Waals surface area contributed by atoms with E-state index in [9.17, 15) is 0 Å². The van der Waals surface area contributed by atoms with E-state index in [0.29, 0.717) is 5.92 Å². The monoisotopic (exact) mass is 272 g/mol. The summed E-state index contributed by atoms with van der Waals surface area (Å²) in [5.41, 5.74) is 5.98. The number of nitrogens with two attached hydrogens (primary N) is 1. The number of ether oxygens (including phenoxy) is 1. The van der Waals surface area contributed by atoms with Crippen LogP contribution in [0.1, 0.15) is 67.2 Å². The third kappa shape index (κ3) is 6.24. The molecule has 3 N–H and O–H groups in total. The van der Waals surface area contributed by atoms with E-state index < -0.39 is 0 Å². The molecule has 0 saturated carbocycles. The minimum absolute atomic E-state index is 0.0940. The van der Waals surface area contributed by atoms with Gasteiger partial charge in [-0.2, -0.15) is 0 Å². The van der Waals surface area contributed by atoms with Crippen molar-refractivity contribution in [2.24, 2.45) is 11.7 Å². The summed E-state index contributed by atoms with van der Waals surface area (Å²) >= 11 is 0. The molecular weight excluding hydrogens is 236 g/mol. The summed E-state index contributed by atoms with van der Waals surface area (Å²) in [4.78, 5) is 0. The van der Waals surface area contributed by atoms with Gasteiger partial charge < -0.3 is 15.8 Å². The minimum atomic E-state index is -0.0940. The van der Waals surface area contributed by atoms with Crippen molar-refractivity contribution >= 4 is 0 Å². The Morgan fingerprint density at radius 3 is 2.16 bits per heavy atom. The molecule has 0 aromatic heterocycles. The van der Waals surface area contributed by atoms with Crippen molar-refractivity contribution in [2.75, 3.05) is 13.7 Å². The highest BCUT2D eigenvalue weighted by Crippen LogP contribution is 2.27. The van der Waals surface area contributed by atoms with Crippen LogP contribution in [-0.2, 0) is 4.74 Å². The van der Waals surface area contributed by atoms with Crippen LogP contribution in [0.25, 0.3) is 0 Å². The average molecular weight is 272 g/mol. The summed E-state index contributed by atoms with van der Waals surface area (Å²) < 4.78 is 6.23. The fraction of sp³-hybridized carbons (Fsp3) is 1.00. The van der Waals surface area contributed by atoms with Gasteiger partial charge in [0.15, 0.2) is 0 Å². The minimum Gasteiger partial charge on any atom is -0.375 e. The van der Waals surface area contributed by atoms with E-state index in [2.05, 4.69) is 46.9 Å². The van der Waals surface area contributed by atoms with Gasteiger partial charge in [-0.3, -0.25) is 0 Å². The summed E-state index contributed by atoms with van der Waals surface area (Å²) in [6, 6.07) is 0.187. The number of hydrogen-bond donors (Lipinski definition) is 2. The maximum atomic E-state index is 6.23. The predicted octanol–water partition coefficient (Wildman–Crippen LogP) is 3.32. The zero-order chi connectivity index (χ0) is 15.1. The van der Waals surface area contributed by atoms with Crippen LogP contribution >= 0.6 is 0 Å². The molecule has 0 aliphatic heterocycles. The molecule has 4 unspecified atom stereocenters. The first-order valence-electron chi connectivity index (χ1n) is 7.81. The standard InChI is InChI=1S/C16H36N2O/c1-8-10-16(6,18-7)13(3)12-19-15(5,9-2)11-14(4)17/h13-14,18H,8-12,17H2,1-7H3. The molecule has 0 rings (SSSR count). The van der Waals surface area contributed by atoms with Crippen molar-refractivity contribution in [3.8, 4) is 0 Å². The smallest absolute Gasteiger partial charge is 0.0666 e.